The number of nitrogens with zero attached hydrogens (tertiary/aromatic N) is 2. The van der Waals surface area contributed by atoms with E-state index in [-0.39, 0.29) is 6.04 Å². The minimum absolute atomic E-state index is 0.0822. The van der Waals surface area contributed by atoms with Crippen molar-refractivity contribution < 1.29 is 0 Å². The molecular formula is C13H14BrClN4. The summed E-state index contributed by atoms with van der Waals surface area (Å²) >= 11 is 9.43. The highest BCUT2D eigenvalue weighted by Crippen LogP contribution is 2.28. The molecule has 2 aromatic rings. The van der Waals surface area contributed by atoms with Crippen molar-refractivity contribution in [2.45, 2.75) is 13.0 Å². The van der Waals surface area contributed by atoms with Gasteiger partial charge in [0.05, 0.1) is 11.1 Å². The van der Waals surface area contributed by atoms with Crippen LogP contribution in [0.3, 0.4) is 0 Å². The summed E-state index contributed by atoms with van der Waals surface area (Å²) in [5.74, 6) is 0.468. The summed E-state index contributed by atoms with van der Waals surface area (Å²) in [5, 5.41) is 3.94. The quantitative estimate of drug-likeness (QED) is 0.896. The first-order valence-corrected chi connectivity index (χ1v) is 7.03. The number of aromatic nitrogens is 2. The zero-order chi connectivity index (χ0) is 13.8. The second kappa shape index (κ2) is 6.32. The van der Waals surface area contributed by atoms with Crippen LogP contribution in [0.25, 0.3) is 0 Å². The molecule has 2 heterocycles. The van der Waals surface area contributed by atoms with E-state index in [4.69, 9.17) is 17.3 Å². The lowest BCUT2D eigenvalue weighted by Gasteiger charge is -2.20. The molecule has 0 saturated heterocycles. The molecule has 2 rings (SSSR count). The van der Waals surface area contributed by atoms with Crippen LogP contribution in [0.5, 0.6) is 0 Å². The van der Waals surface area contributed by atoms with E-state index in [1.54, 1.807) is 18.6 Å². The van der Waals surface area contributed by atoms with Crippen LogP contribution in [-0.2, 0) is 0 Å². The Kier molecular flexibility index (Phi) is 4.74. The van der Waals surface area contributed by atoms with Crippen molar-refractivity contribution in [3.05, 3.63) is 51.3 Å². The predicted molar refractivity (Wildman–Crippen MR) is 81.1 cm³/mol. The molecule has 0 aliphatic carbocycles. The standard InChI is InChI=1S/C13H14BrClN4/c1-2-18-12(8-3-9(14)6-17-5-8)11-4-10(15)7-19-13(11)16/h3-7,12,18H,2H2,1H3,(H2,16,19). The van der Waals surface area contributed by atoms with E-state index in [1.807, 2.05) is 19.1 Å². The first-order valence-electron chi connectivity index (χ1n) is 5.86. The van der Waals surface area contributed by atoms with E-state index in [9.17, 15) is 0 Å². The van der Waals surface area contributed by atoms with Crippen molar-refractivity contribution >= 4 is 33.3 Å². The lowest BCUT2D eigenvalue weighted by Crippen LogP contribution is -2.23. The molecule has 2 aromatic heterocycles. The second-order valence-corrected chi connectivity index (χ2v) is 5.41. The molecule has 100 valence electrons. The number of nitrogen functional groups attached to an aromatic ring is 1. The van der Waals surface area contributed by atoms with Crippen LogP contribution in [0.1, 0.15) is 24.1 Å². The van der Waals surface area contributed by atoms with Gasteiger partial charge in [-0.15, -0.1) is 0 Å². The summed E-state index contributed by atoms with van der Waals surface area (Å²) in [6.07, 6.45) is 5.09. The molecule has 4 nitrogen and oxygen atoms in total. The first-order chi connectivity index (χ1) is 9.11. The van der Waals surface area contributed by atoms with Crippen molar-refractivity contribution in [3.63, 3.8) is 0 Å². The number of halogens is 2. The summed E-state index contributed by atoms with van der Waals surface area (Å²) in [6.45, 7) is 2.83. The molecule has 1 atom stereocenters. The zero-order valence-corrected chi connectivity index (χ0v) is 12.7. The van der Waals surface area contributed by atoms with Crippen LogP contribution in [0.2, 0.25) is 5.02 Å². The van der Waals surface area contributed by atoms with E-state index in [0.29, 0.717) is 10.8 Å². The Morgan fingerprint density at radius 2 is 2.16 bits per heavy atom. The van der Waals surface area contributed by atoms with Crippen LogP contribution in [0.4, 0.5) is 5.82 Å². The second-order valence-electron chi connectivity index (χ2n) is 4.06. The number of pyridine rings is 2. The van der Waals surface area contributed by atoms with E-state index < -0.39 is 0 Å². The first kappa shape index (κ1) is 14.2. The molecule has 0 fully saturated rings. The monoisotopic (exact) mass is 340 g/mol. The van der Waals surface area contributed by atoms with E-state index >= 15 is 0 Å². The Morgan fingerprint density at radius 1 is 1.37 bits per heavy atom. The maximum absolute atomic E-state index is 6.01. The zero-order valence-electron chi connectivity index (χ0n) is 10.4. The van der Waals surface area contributed by atoms with Crippen LogP contribution >= 0.6 is 27.5 Å². The number of nitrogens with one attached hydrogen (secondary N) is 1. The largest absolute Gasteiger partial charge is 0.383 e. The molecule has 19 heavy (non-hydrogen) atoms. The van der Waals surface area contributed by atoms with E-state index in [0.717, 1.165) is 22.1 Å². The Labute approximate surface area is 125 Å². The molecule has 0 aliphatic rings. The van der Waals surface area contributed by atoms with Gasteiger partial charge in [0.1, 0.15) is 5.82 Å². The van der Waals surface area contributed by atoms with Gasteiger partial charge in [0, 0.05) is 28.6 Å². The molecule has 0 bridgehead atoms. The third kappa shape index (κ3) is 3.43. The van der Waals surface area contributed by atoms with E-state index in [2.05, 4.69) is 31.2 Å². The topological polar surface area (TPSA) is 63.8 Å². The highest BCUT2D eigenvalue weighted by Gasteiger charge is 2.17. The van der Waals surface area contributed by atoms with Gasteiger partial charge >= 0.3 is 0 Å². The van der Waals surface area contributed by atoms with Crippen LogP contribution in [0, 0.1) is 0 Å². The van der Waals surface area contributed by atoms with Crippen molar-refractivity contribution in [2.75, 3.05) is 12.3 Å². The van der Waals surface area contributed by atoms with Crippen LogP contribution in [0.15, 0.2) is 35.2 Å². The Bertz CT molecular complexity index is 576. The van der Waals surface area contributed by atoms with Gasteiger partial charge in [-0.3, -0.25) is 4.98 Å². The molecule has 0 spiro atoms. The van der Waals surface area contributed by atoms with Gasteiger partial charge in [-0.05, 0) is 40.2 Å². The third-order valence-corrected chi connectivity index (χ3v) is 3.34. The Hall–Kier alpha value is -1.17. The number of rotatable bonds is 4. The average molecular weight is 342 g/mol. The minimum Gasteiger partial charge on any atom is -0.383 e. The molecule has 0 saturated carbocycles. The summed E-state index contributed by atoms with van der Waals surface area (Å²) < 4.78 is 0.918. The molecular weight excluding hydrogens is 328 g/mol. The SMILES string of the molecule is CCNC(c1cncc(Br)c1)c1cc(Cl)cnc1N. The molecule has 1 unspecified atom stereocenters. The van der Waals surface area contributed by atoms with Crippen molar-refractivity contribution in [1.29, 1.82) is 0 Å². The van der Waals surface area contributed by atoms with Gasteiger partial charge in [-0.2, -0.15) is 0 Å². The molecule has 0 radical (unpaired) electrons. The van der Waals surface area contributed by atoms with Gasteiger partial charge in [0.15, 0.2) is 0 Å². The van der Waals surface area contributed by atoms with Gasteiger partial charge in [-0.1, -0.05) is 18.5 Å². The number of anilines is 1. The molecule has 0 amide bonds. The summed E-state index contributed by atoms with van der Waals surface area (Å²) in [7, 11) is 0. The van der Waals surface area contributed by atoms with Crippen molar-refractivity contribution in [1.82, 2.24) is 15.3 Å². The van der Waals surface area contributed by atoms with E-state index in [1.165, 1.54) is 0 Å². The number of hydrogen-bond donors (Lipinski definition) is 2. The predicted octanol–water partition coefficient (Wildman–Crippen LogP) is 3.17. The minimum atomic E-state index is -0.0822. The number of nitrogens with two attached hydrogens (primary N) is 1. The van der Waals surface area contributed by atoms with Gasteiger partial charge in [0.25, 0.3) is 0 Å². The summed E-state index contributed by atoms with van der Waals surface area (Å²) in [5.41, 5.74) is 7.82. The fourth-order valence-electron chi connectivity index (χ4n) is 1.89. The lowest BCUT2D eigenvalue weighted by atomic mass is 10.0. The maximum atomic E-state index is 6.01. The van der Waals surface area contributed by atoms with Gasteiger partial charge < -0.3 is 11.1 Å². The molecule has 0 aromatic carbocycles. The van der Waals surface area contributed by atoms with Gasteiger partial charge in [0.2, 0.25) is 0 Å². The molecule has 6 heteroatoms. The molecule has 3 N–H and O–H groups in total. The number of hydrogen-bond acceptors (Lipinski definition) is 4. The van der Waals surface area contributed by atoms with Gasteiger partial charge in [-0.25, -0.2) is 4.98 Å². The Morgan fingerprint density at radius 3 is 2.84 bits per heavy atom. The fraction of sp³-hybridized carbons (Fsp3) is 0.231. The average Bonchev–Trinajstić information content (AvgIpc) is 2.39. The summed E-state index contributed by atoms with van der Waals surface area (Å²) in [4.78, 5) is 8.29. The fourth-order valence-corrected chi connectivity index (χ4v) is 2.44. The maximum Gasteiger partial charge on any atom is 0.128 e. The van der Waals surface area contributed by atoms with Crippen molar-refractivity contribution in [3.8, 4) is 0 Å². The highest BCUT2D eigenvalue weighted by molar-refractivity contribution is 9.10. The highest BCUT2D eigenvalue weighted by atomic mass is 79.9. The lowest BCUT2D eigenvalue weighted by molar-refractivity contribution is 0.628. The summed E-state index contributed by atoms with van der Waals surface area (Å²) in [6, 6.07) is 3.75. The normalized spacial score (nSPS) is 12.4. The third-order valence-electron chi connectivity index (χ3n) is 2.69. The van der Waals surface area contributed by atoms with Crippen LogP contribution < -0.4 is 11.1 Å². The van der Waals surface area contributed by atoms with Crippen molar-refractivity contribution in [2.24, 2.45) is 0 Å². The Balaban J connectivity index is 2.48. The van der Waals surface area contributed by atoms with Crippen LogP contribution in [-0.4, -0.2) is 16.5 Å². The molecule has 0 aliphatic heterocycles. The smallest absolute Gasteiger partial charge is 0.128 e.